The predicted molar refractivity (Wildman–Crippen MR) is 87.1 cm³/mol. The van der Waals surface area contributed by atoms with Gasteiger partial charge in [0.15, 0.2) is 0 Å². The van der Waals surface area contributed by atoms with Crippen LogP contribution in [0.25, 0.3) is 10.1 Å². The second-order valence-electron chi connectivity index (χ2n) is 4.91. The normalized spacial score (nSPS) is 14.2. The number of aliphatic hydroxyl groups is 1. The molecule has 0 fully saturated rings. The first kappa shape index (κ1) is 15.3. The summed E-state index contributed by atoms with van der Waals surface area (Å²) in [6, 6.07) is 5.65. The number of nitrogens with two attached hydrogens (primary N) is 1. The molecule has 0 spiro atoms. The zero-order valence-corrected chi connectivity index (χ0v) is 13.7. The topological polar surface area (TPSA) is 75.3 Å². The third-order valence-corrected chi connectivity index (χ3v) is 5.06. The fraction of sp³-hybridized carbons (Fsp3) is 0.357. The molecule has 4 nitrogen and oxygen atoms in total. The molecule has 0 aliphatic rings. The van der Waals surface area contributed by atoms with Gasteiger partial charge in [-0.25, -0.2) is 0 Å². The Labute approximate surface area is 130 Å². The number of nitrogens with one attached hydrogen (secondary N) is 1. The van der Waals surface area contributed by atoms with Gasteiger partial charge >= 0.3 is 0 Å². The van der Waals surface area contributed by atoms with E-state index >= 15 is 0 Å². The number of aliphatic hydroxyl groups excluding tert-OH is 1. The van der Waals surface area contributed by atoms with Gasteiger partial charge < -0.3 is 16.2 Å². The number of halogens is 1. The van der Waals surface area contributed by atoms with Crippen molar-refractivity contribution >= 4 is 48.9 Å². The molecule has 0 radical (unpaired) electrons. The van der Waals surface area contributed by atoms with E-state index in [1.54, 1.807) is 0 Å². The van der Waals surface area contributed by atoms with Crippen molar-refractivity contribution in [1.82, 2.24) is 5.32 Å². The predicted octanol–water partition coefficient (Wildman–Crippen LogP) is 2.99. The highest BCUT2D eigenvalue weighted by atomic mass is 79.9. The molecule has 4 N–H and O–H groups in total. The molecule has 20 heavy (non-hydrogen) atoms. The van der Waals surface area contributed by atoms with Crippen molar-refractivity contribution in [1.29, 1.82) is 0 Å². The minimum absolute atomic E-state index is 0.00342. The lowest BCUT2D eigenvalue weighted by Gasteiger charge is -2.18. The minimum Gasteiger partial charge on any atom is -0.397 e. The molecule has 0 saturated carbocycles. The number of carbonyl (C=O) groups excluding carboxylic acids is 1. The Bertz CT molecular complexity index is 641. The van der Waals surface area contributed by atoms with Crippen LogP contribution in [0.5, 0.6) is 0 Å². The number of fused-ring (bicyclic) bond motifs is 1. The highest BCUT2D eigenvalue weighted by Gasteiger charge is 2.20. The van der Waals surface area contributed by atoms with Crippen LogP contribution in [0.2, 0.25) is 0 Å². The summed E-state index contributed by atoms with van der Waals surface area (Å²) >= 11 is 4.79. The number of hydrogen-bond acceptors (Lipinski definition) is 4. The summed E-state index contributed by atoms with van der Waals surface area (Å²) in [6.07, 6.45) is 0. The van der Waals surface area contributed by atoms with Crippen LogP contribution in [0.4, 0.5) is 5.69 Å². The van der Waals surface area contributed by atoms with Crippen LogP contribution >= 0.6 is 27.3 Å². The van der Waals surface area contributed by atoms with Gasteiger partial charge in [0.25, 0.3) is 5.91 Å². The maximum atomic E-state index is 12.3. The third kappa shape index (κ3) is 2.97. The van der Waals surface area contributed by atoms with Crippen molar-refractivity contribution < 1.29 is 9.90 Å². The van der Waals surface area contributed by atoms with Crippen LogP contribution in [-0.4, -0.2) is 23.7 Å². The van der Waals surface area contributed by atoms with Crippen LogP contribution in [0.15, 0.2) is 22.7 Å². The molecule has 0 aliphatic carbocycles. The van der Waals surface area contributed by atoms with Crippen LogP contribution in [-0.2, 0) is 0 Å². The second-order valence-corrected chi connectivity index (χ2v) is 6.88. The molecular formula is C14H17BrN2O2S. The first-order chi connectivity index (χ1) is 9.43. The molecule has 2 aromatic rings. The first-order valence-electron chi connectivity index (χ1n) is 6.33. The zero-order chi connectivity index (χ0) is 14.9. The van der Waals surface area contributed by atoms with Crippen LogP contribution in [0.3, 0.4) is 0 Å². The Morgan fingerprint density at radius 3 is 2.85 bits per heavy atom. The van der Waals surface area contributed by atoms with Gasteiger partial charge in [0.1, 0.15) is 4.88 Å². The molecule has 0 bridgehead atoms. The second kappa shape index (κ2) is 6.11. The summed E-state index contributed by atoms with van der Waals surface area (Å²) < 4.78 is 1.94. The van der Waals surface area contributed by atoms with E-state index in [-0.39, 0.29) is 24.5 Å². The summed E-state index contributed by atoms with van der Waals surface area (Å²) in [7, 11) is 0. The smallest absolute Gasteiger partial charge is 0.263 e. The lowest BCUT2D eigenvalue weighted by Crippen LogP contribution is -2.38. The van der Waals surface area contributed by atoms with E-state index in [0.29, 0.717) is 10.6 Å². The Morgan fingerprint density at radius 2 is 2.20 bits per heavy atom. The highest BCUT2D eigenvalue weighted by Crippen LogP contribution is 2.35. The summed E-state index contributed by atoms with van der Waals surface area (Å²) in [5, 5.41) is 12.9. The van der Waals surface area contributed by atoms with E-state index in [2.05, 4.69) is 21.2 Å². The molecule has 1 amide bonds. The van der Waals surface area contributed by atoms with E-state index in [1.165, 1.54) is 11.3 Å². The third-order valence-electron chi connectivity index (χ3n) is 3.40. The van der Waals surface area contributed by atoms with E-state index in [0.717, 1.165) is 14.6 Å². The summed E-state index contributed by atoms with van der Waals surface area (Å²) in [5.74, 6) is -0.184. The Kier molecular flexibility index (Phi) is 4.67. The van der Waals surface area contributed by atoms with E-state index < -0.39 is 0 Å². The Balaban J connectivity index is 2.28. The molecule has 1 aromatic heterocycles. The van der Waals surface area contributed by atoms with Crippen LogP contribution in [0.1, 0.15) is 23.5 Å². The summed E-state index contributed by atoms with van der Waals surface area (Å²) in [6.45, 7) is 3.80. The number of thiophene rings is 1. The van der Waals surface area contributed by atoms with Crippen molar-refractivity contribution in [2.75, 3.05) is 12.3 Å². The SMILES string of the molecule is CC(CO)C(C)NC(=O)c1sc2cc(Br)ccc2c1N. The van der Waals surface area contributed by atoms with Gasteiger partial charge in [0.05, 0.1) is 5.69 Å². The lowest BCUT2D eigenvalue weighted by atomic mass is 10.1. The molecule has 0 saturated heterocycles. The molecule has 6 heteroatoms. The number of rotatable bonds is 4. The number of nitrogen functional groups attached to an aromatic ring is 1. The number of anilines is 1. The largest absolute Gasteiger partial charge is 0.397 e. The van der Waals surface area contributed by atoms with Gasteiger partial charge in [0, 0.05) is 27.2 Å². The van der Waals surface area contributed by atoms with Gasteiger partial charge in [-0.15, -0.1) is 11.3 Å². The molecular weight excluding hydrogens is 340 g/mol. The zero-order valence-electron chi connectivity index (χ0n) is 11.3. The monoisotopic (exact) mass is 356 g/mol. The van der Waals surface area contributed by atoms with Gasteiger partial charge in [-0.2, -0.15) is 0 Å². The number of hydrogen-bond donors (Lipinski definition) is 3. The number of carbonyl (C=O) groups is 1. The molecule has 2 atom stereocenters. The molecule has 1 aromatic carbocycles. The number of benzene rings is 1. The van der Waals surface area contributed by atoms with Gasteiger partial charge in [-0.3, -0.25) is 4.79 Å². The lowest BCUT2D eigenvalue weighted by molar-refractivity contribution is 0.0921. The molecule has 2 unspecified atom stereocenters. The molecule has 0 aliphatic heterocycles. The minimum atomic E-state index is -0.187. The Hall–Kier alpha value is -1.11. The van der Waals surface area contributed by atoms with Gasteiger partial charge in [0.2, 0.25) is 0 Å². The van der Waals surface area contributed by atoms with E-state index in [1.807, 2.05) is 32.0 Å². The van der Waals surface area contributed by atoms with Gasteiger partial charge in [-0.1, -0.05) is 28.9 Å². The first-order valence-corrected chi connectivity index (χ1v) is 7.94. The number of amides is 1. The fourth-order valence-electron chi connectivity index (χ4n) is 1.83. The maximum Gasteiger partial charge on any atom is 0.263 e. The maximum absolute atomic E-state index is 12.3. The van der Waals surface area contributed by atoms with Gasteiger partial charge in [-0.05, 0) is 25.0 Å². The standard InChI is InChI=1S/C14H17BrN2O2S/c1-7(6-18)8(2)17-14(19)13-12(16)10-4-3-9(15)5-11(10)20-13/h3-5,7-8,18H,6,16H2,1-2H3,(H,17,19). The molecule has 2 rings (SSSR count). The molecule has 1 heterocycles. The van der Waals surface area contributed by atoms with Crippen molar-refractivity contribution in [3.05, 3.63) is 27.5 Å². The molecule has 108 valence electrons. The van der Waals surface area contributed by atoms with Crippen LogP contribution in [0, 0.1) is 5.92 Å². The Morgan fingerprint density at radius 1 is 1.50 bits per heavy atom. The summed E-state index contributed by atoms with van der Waals surface area (Å²) in [5.41, 5.74) is 6.57. The average Bonchev–Trinajstić information content (AvgIpc) is 2.74. The fourth-order valence-corrected chi connectivity index (χ4v) is 3.41. The highest BCUT2D eigenvalue weighted by molar-refractivity contribution is 9.10. The van der Waals surface area contributed by atoms with E-state index in [4.69, 9.17) is 10.8 Å². The van der Waals surface area contributed by atoms with Crippen LogP contribution < -0.4 is 11.1 Å². The van der Waals surface area contributed by atoms with Crippen molar-refractivity contribution in [3.63, 3.8) is 0 Å². The van der Waals surface area contributed by atoms with E-state index in [9.17, 15) is 4.79 Å². The quantitative estimate of drug-likeness (QED) is 0.788. The van der Waals surface area contributed by atoms with Crippen molar-refractivity contribution in [2.24, 2.45) is 5.92 Å². The van der Waals surface area contributed by atoms with Crippen molar-refractivity contribution in [3.8, 4) is 0 Å². The summed E-state index contributed by atoms with van der Waals surface area (Å²) in [4.78, 5) is 12.8. The average molecular weight is 357 g/mol. The van der Waals surface area contributed by atoms with Crippen molar-refractivity contribution in [2.45, 2.75) is 19.9 Å².